The summed E-state index contributed by atoms with van der Waals surface area (Å²) in [6.45, 7) is 5.25. The first-order chi connectivity index (χ1) is 18.1. The van der Waals surface area contributed by atoms with Crippen LogP contribution in [0.5, 0.6) is 5.75 Å². The average Bonchev–Trinajstić information content (AvgIpc) is 3.65. The van der Waals surface area contributed by atoms with Gasteiger partial charge in [0.15, 0.2) is 5.65 Å². The van der Waals surface area contributed by atoms with E-state index in [1.165, 1.54) is 42.6 Å². The minimum Gasteiger partial charge on any atom is -0.508 e. The van der Waals surface area contributed by atoms with E-state index in [1.807, 2.05) is 30.1 Å². The largest absolute Gasteiger partial charge is 0.508 e. The number of likely N-dealkylation sites (tertiary alicyclic amines) is 1. The van der Waals surface area contributed by atoms with Gasteiger partial charge in [0, 0.05) is 37.9 Å². The lowest BCUT2D eigenvalue weighted by molar-refractivity contribution is 0.337. The highest BCUT2D eigenvalue weighted by molar-refractivity contribution is 5.91. The summed E-state index contributed by atoms with van der Waals surface area (Å²) in [5.41, 5.74) is 6.56. The van der Waals surface area contributed by atoms with Crippen LogP contribution in [0, 0.1) is 0 Å². The van der Waals surface area contributed by atoms with E-state index in [4.69, 9.17) is 10.1 Å². The zero-order chi connectivity index (χ0) is 25.2. The summed E-state index contributed by atoms with van der Waals surface area (Å²) in [7, 11) is 1.94. The number of phenolic OH excluding ortho intramolecular Hbond substituents is 1. The van der Waals surface area contributed by atoms with Gasteiger partial charge < -0.3 is 20.6 Å². The average molecular weight is 498 g/mol. The van der Waals surface area contributed by atoms with E-state index < -0.39 is 0 Å². The second-order valence-electron chi connectivity index (χ2n) is 10.3. The van der Waals surface area contributed by atoms with Gasteiger partial charge in [0.25, 0.3) is 0 Å². The van der Waals surface area contributed by atoms with Gasteiger partial charge in [-0.15, -0.1) is 0 Å². The smallest absolute Gasteiger partial charge is 0.224 e. The van der Waals surface area contributed by atoms with Crippen molar-refractivity contribution in [3.8, 4) is 17.0 Å². The molecule has 1 aliphatic carbocycles. The molecule has 1 aliphatic heterocycles. The van der Waals surface area contributed by atoms with Crippen molar-refractivity contribution in [1.29, 1.82) is 0 Å². The lowest BCUT2D eigenvalue weighted by atomic mass is 10.1. The second kappa shape index (κ2) is 10.5. The van der Waals surface area contributed by atoms with Gasteiger partial charge in [-0.3, -0.25) is 0 Å². The third-order valence-electron chi connectivity index (χ3n) is 7.70. The summed E-state index contributed by atoms with van der Waals surface area (Å²) in [4.78, 5) is 11.8. The Morgan fingerprint density at radius 3 is 2.76 bits per heavy atom. The van der Waals surface area contributed by atoms with E-state index in [9.17, 15) is 5.11 Å². The topological polar surface area (TPSA) is 91.1 Å². The van der Waals surface area contributed by atoms with E-state index in [1.54, 1.807) is 6.07 Å². The highest BCUT2D eigenvalue weighted by Gasteiger charge is 2.22. The van der Waals surface area contributed by atoms with Crippen LogP contribution in [0.1, 0.15) is 48.4 Å². The maximum atomic E-state index is 9.87. The van der Waals surface area contributed by atoms with Crippen LogP contribution in [0.15, 0.2) is 48.7 Å². The Hall–Kier alpha value is -3.49. The maximum Gasteiger partial charge on any atom is 0.224 e. The van der Waals surface area contributed by atoms with Gasteiger partial charge in [-0.25, -0.2) is 9.67 Å². The van der Waals surface area contributed by atoms with Crippen molar-refractivity contribution >= 4 is 17.0 Å². The standard InChI is InChI=1S/C29H35N7O/c1-35-28-25(19-32-29(33-28)30-13-4-16-36-14-2-3-15-36)27(34-35)22-7-5-20(6-8-22)18-31-26-12-10-21-9-11-23(37)17-24(21)26/h5-9,11,17,19,26,31,37H,2-4,10,12-16,18H2,1H3,(H,30,32,33)/t26-/m1/s1. The van der Waals surface area contributed by atoms with Gasteiger partial charge in [-0.05, 0) is 80.6 Å². The molecule has 37 heavy (non-hydrogen) atoms. The van der Waals surface area contributed by atoms with Crippen molar-refractivity contribution in [3.63, 3.8) is 0 Å². The number of aromatic nitrogens is 4. The number of benzene rings is 2. The van der Waals surface area contributed by atoms with Crippen LogP contribution >= 0.6 is 0 Å². The normalized spacial score (nSPS) is 17.5. The number of aromatic hydroxyl groups is 1. The molecule has 1 saturated heterocycles. The molecule has 3 N–H and O–H groups in total. The molecule has 0 bridgehead atoms. The maximum absolute atomic E-state index is 9.87. The molecule has 2 aromatic carbocycles. The number of aryl methyl sites for hydroxylation is 2. The third-order valence-corrected chi connectivity index (χ3v) is 7.70. The molecule has 3 heterocycles. The van der Waals surface area contributed by atoms with Crippen LogP contribution in [0.25, 0.3) is 22.3 Å². The fraction of sp³-hybridized carbons (Fsp3) is 0.414. The van der Waals surface area contributed by atoms with E-state index in [2.05, 4.69) is 44.8 Å². The Morgan fingerprint density at radius 2 is 1.92 bits per heavy atom. The van der Waals surface area contributed by atoms with Gasteiger partial charge in [0.1, 0.15) is 11.4 Å². The van der Waals surface area contributed by atoms with Crippen molar-refractivity contribution in [3.05, 3.63) is 65.4 Å². The van der Waals surface area contributed by atoms with Gasteiger partial charge in [0.05, 0.1) is 5.39 Å². The van der Waals surface area contributed by atoms with Gasteiger partial charge in [-0.1, -0.05) is 30.3 Å². The summed E-state index contributed by atoms with van der Waals surface area (Å²) in [6.07, 6.45) is 7.75. The molecule has 1 fully saturated rings. The van der Waals surface area contributed by atoms with Crippen molar-refractivity contribution in [1.82, 2.24) is 30.0 Å². The number of hydrogen-bond donors (Lipinski definition) is 3. The van der Waals surface area contributed by atoms with Crippen LogP contribution in [-0.2, 0) is 20.0 Å². The minimum absolute atomic E-state index is 0.279. The molecule has 0 radical (unpaired) electrons. The molecular formula is C29H35N7O. The molecule has 2 aliphatic rings. The Bertz CT molecular complexity index is 1380. The summed E-state index contributed by atoms with van der Waals surface area (Å²) >= 11 is 0. The predicted octanol–water partition coefficient (Wildman–Crippen LogP) is 4.41. The predicted molar refractivity (Wildman–Crippen MR) is 147 cm³/mol. The summed E-state index contributed by atoms with van der Waals surface area (Å²) in [5, 5.41) is 22.6. The number of fused-ring (bicyclic) bond motifs is 2. The SMILES string of the molecule is Cn1nc(-c2ccc(CN[C@@H]3CCc4ccc(O)cc43)cc2)c2cnc(NCCCN3CCCC3)nc21. The molecule has 0 unspecified atom stereocenters. The zero-order valence-corrected chi connectivity index (χ0v) is 21.5. The van der Waals surface area contributed by atoms with Gasteiger partial charge in [0.2, 0.25) is 5.95 Å². The first-order valence-corrected chi connectivity index (χ1v) is 13.4. The zero-order valence-electron chi connectivity index (χ0n) is 21.5. The number of rotatable bonds is 9. The fourth-order valence-corrected chi connectivity index (χ4v) is 5.67. The highest BCUT2D eigenvalue weighted by Crippen LogP contribution is 2.34. The van der Waals surface area contributed by atoms with Gasteiger partial charge in [-0.2, -0.15) is 10.1 Å². The van der Waals surface area contributed by atoms with Crippen LogP contribution in [0.3, 0.4) is 0 Å². The molecule has 192 valence electrons. The molecule has 4 aromatic rings. The third kappa shape index (κ3) is 5.17. The van der Waals surface area contributed by atoms with E-state index in [0.29, 0.717) is 11.7 Å². The number of hydrogen-bond acceptors (Lipinski definition) is 7. The monoisotopic (exact) mass is 497 g/mol. The van der Waals surface area contributed by atoms with Gasteiger partial charge >= 0.3 is 0 Å². The van der Waals surface area contributed by atoms with Crippen LogP contribution < -0.4 is 10.6 Å². The number of anilines is 1. The van der Waals surface area contributed by atoms with Crippen molar-refractivity contribution in [2.75, 3.05) is 31.5 Å². The number of phenols is 1. The van der Waals surface area contributed by atoms with Crippen LogP contribution in [0.2, 0.25) is 0 Å². The summed E-state index contributed by atoms with van der Waals surface area (Å²) < 4.78 is 1.84. The lowest BCUT2D eigenvalue weighted by Crippen LogP contribution is -2.22. The molecule has 2 aromatic heterocycles. The molecule has 1 atom stereocenters. The number of nitrogens with zero attached hydrogens (tertiary/aromatic N) is 5. The van der Waals surface area contributed by atoms with Crippen molar-refractivity contribution < 1.29 is 5.11 Å². The molecule has 0 amide bonds. The first-order valence-electron chi connectivity index (χ1n) is 13.4. The van der Waals surface area contributed by atoms with E-state index >= 15 is 0 Å². The Labute approximate surface area is 217 Å². The Morgan fingerprint density at radius 1 is 1.08 bits per heavy atom. The molecule has 0 spiro atoms. The summed E-state index contributed by atoms with van der Waals surface area (Å²) in [5.74, 6) is 0.996. The molecule has 8 nitrogen and oxygen atoms in total. The molecule has 8 heteroatoms. The quantitative estimate of drug-likeness (QED) is 0.295. The lowest BCUT2D eigenvalue weighted by Gasteiger charge is -2.14. The fourth-order valence-electron chi connectivity index (χ4n) is 5.67. The van der Waals surface area contributed by atoms with E-state index in [-0.39, 0.29) is 6.04 Å². The Kier molecular flexibility index (Phi) is 6.76. The number of nitrogens with one attached hydrogen (secondary N) is 2. The summed E-state index contributed by atoms with van der Waals surface area (Å²) in [6, 6.07) is 14.5. The second-order valence-corrected chi connectivity index (χ2v) is 10.3. The molecular weight excluding hydrogens is 462 g/mol. The van der Waals surface area contributed by atoms with Crippen molar-refractivity contribution in [2.24, 2.45) is 7.05 Å². The van der Waals surface area contributed by atoms with Crippen molar-refractivity contribution in [2.45, 2.75) is 44.7 Å². The minimum atomic E-state index is 0.279. The van der Waals surface area contributed by atoms with Crippen LogP contribution in [-0.4, -0.2) is 55.9 Å². The highest BCUT2D eigenvalue weighted by atomic mass is 16.3. The van der Waals surface area contributed by atoms with Crippen LogP contribution in [0.4, 0.5) is 5.95 Å². The Balaban J connectivity index is 1.09. The van der Waals surface area contributed by atoms with E-state index in [0.717, 1.165) is 61.2 Å². The molecule has 0 saturated carbocycles. The molecule has 6 rings (SSSR count). The first kappa shape index (κ1) is 23.9.